The van der Waals surface area contributed by atoms with Gasteiger partial charge >= 0.3 is 0 Å². The maximum atomic E-state index is 11.5. The maximum Gasteiger partial charge on any atom is 0.222 e. The van der Waals surface area contributed by atoms with Gasteiger partial charge in [0.1, 0.15) is 0 Å². The third-order valence-corrected chi connectivity index (χ3v) is 4.19. The first-order chi connectivity index (χ1) is 7.09. The fraction of sp³-hybridized carbons (Fsp3) is 0.917. The van der Waals surface area contributed by atoms with E-state index in [-0.39, 0.29) is 11.8 Å². The summed E-state index contributed by atoms with van der Waals surface area (Å²) in [6, 6.07) is 0.871. The van der Waals surface area contributed by atoms with Gasteiger partial charge in [-0.05, 0) is 38.0 Å². The predicted molar refractivity (Wildman–Crippen MR) is 60.2 cm³/mol. The van der Waals surface area contributed by atoms with Crippen molar-refractivity contribution in [2.75, 3.05) is 0 Å². The molecule has 0 aromatic carbocycles. The minimum Gasteiger partial charge on any atom is -0.369 e. The van der Waals surface area contributed by atoms with Crippen molar-refractivity contribution < 1.29 is 4.79 Å². The van der Waals surface area contributed by atoms with Gasteiger partial charge in [-0.2, -0.15) is 0 Å². The second-order valence-electron chi connectivity index (χ2n) is 5.43. The summed E-state index contributed by atoms with van der Waals surface area (Å²) >= 11 is 0. The van der Waals surface area contributed by atoms with E-state index in [1.807, 2.05) is 0 Å². The van der Waals surface area contributed by atoms with Gasteiger partial charge in [-0.25, -0.2) is 0 Å². The van der Waals surface area contributed by atoms with Crippen LogP contribution in [0.4, 0.5) is 0 Å². The number of primary amides is 1. The summed E-state index contributed by atoms with van der Waals surface area (Å²) in [5.41, 5.74) is 5.53. The smallest absolute Gasteiger partial charge is 0.222 e. The maximum absolute atomic E-state index is 11.5. The topological polar surface area (TPSA) is 55.1 Å². The van der Waals surface area contributed by atoms with Crippen LogP contribution in [0.1, 0.15) is 39.5 Å². The molecule has 1 saturated carbocycles. The highest BCUT2D eigenvalue weighted by Crippen LogP contribution is 2.38. The quantitative estimate of drug-likeness (QED) is 0.721. The molecule has 3 nitrogen and oxygen atoms in total. The molecule has 15 heavy (non-hydrogen) atoms. The van der Waals surface area contributed by atoms with Crippen molar-refractivity contribution in [3.8, 4) is 0 Å². The summed E-state index contributed by atoms with van der Waals surface area (Å²) < 4.78 is 0. The molecule has 1 heterocycles. The molecule has 1 saturated heterocycles. The Hall–Kier alpha value is -0.570. The third-order valence-electron chi connectivity index (χ3n) is 4.19. The Morgan fingerprint density at radius 3 is 2.47 bits per heavy atom. The summed E-state index contributed by atoms with van der Waals surface area (Å²) in [6.07, 6.45) is 4.91. The van der Waals surface area contributed by atoms with Crippen LogP contribution in [0.15, 0.2) is 0 Å². The minimum atomic E-state index is -0.112. The van der Waals surface area contributed by atoms with Crippen molar-refractivity contribution in [3.05, 3.63) is 0 Å². The molecule has 2 fully saturated rings. The molecule has 4 atom stereocenters. The van der Waals surface area contributed by atoms with Crippen LogP contribution < -0.4 is 11.1 Å². The van der Waals surface area contributed by atoms with Crippen LogP contribution in [0.2, 0.25) is 0 Å². The van der Waals surface area contributed by atoms with Crippen LogP contribution >= 0.6 is 0 Å². The molecule has 3 N–H and O–H groups in total. The Kier molecular flexibility index (Phi) is 3.01. The molecule has 3 heteroatoms. The van der Waals surface area contributed by atoms with E-state index < -0.39 is 0 Å². The number of hydrogen-bond donors (Lipinski definition) is 2. The highest BCUT2D eigenvalue weighted by Gasteiger charge is 2.42. The molecule has 0 aromatic heterocycles. The fourth-order valence-electron chi connectivity index (χ4n) is 3.24. The van der Waals surface area contributed by atoms with Gasteiger partial charge in [0.15, 0.2) is 0 Å². The first kappa shape index (κ1) is 10.9. The molecule has 0 aromatic rings. The Morgan fingerprint density at radius 2 is 2.00 bits per heavy atom. The van der Waals surface area contributed by atoms with Crippen molar-refractivity contribution >= 4 is 5.91 Å². The lowest BCUT2D eigenvalue weighted by Crippen LogP contribution is -2.58. The Bertz CT molecular complexity index is 250. The number of amides is 1. The van der Waals surface area contributed by atoms with Crippen molar-refractivity contribution in [3.63, 3.8) is 0 Å². The fourth-order valence-corrected chi connectivity index (χ4v) is 3.24. The van der Waals surface area contributed by atoms with Gasteiger partial charge in [0, 0.05) is 12.1 Å². The van der Waals surface area contributed by atoms with Crippen molar-refractivity contribution in [2.24, 2.45) is 23.5 Å². The van der Waals surface area contributed by atoms with Crippen LogP contribution in [0, 0.1) is 17.8 Å². The second kappa shape index (κ2) is 4.12. The normalized spacial score (nSPS) is 42.3. The van der Waals surface area contributed by atoms with Crippen LogP contribution in [0.3, 0.4) is 0 Å². The van der Waals surface area contributed by atoms with Crippen LogP contribution in [0.5, 0.6) is 0 Å². The Labute approximate surface area is 91.8 Å². The number of carbonyl (C=O) groups excluding carboxylic acids is 1. The standard InChI is InChI=1S/C12H22N2O/c1-7-6-8(2)14-11(9-4-3-5-9)10(7)12(13)15/h7-11,14H,3-6H2,1-2H3,(H2,13,15). The van der Waals surface area contributed by atoms with Gasteiger partial charge in [0.2, 0.25) is 5.91 Å². The molecule has 1 aliphatic heterocycles. The Morgan fingerprint density at radius 1 is 1.33 bits per heavy atom. The average Bonchev–Trinajstić information content (AvgIpc) is 1.97. The molecule has 1 amide bonds. The van der Waals surface area contributed by atoms with Crippen LogP contribution in [-0.4, -0.2) is 18.0 Å². The average molecular weight is 210 g/mol. The Balaban J connectivity index is 2.11. The number of hydrogen-bond acceptors (Lipinski definition) is 2. The molecule has 0 spiro atoms. The van der Waals surface area contributed by atoms with Gasteiger partial charge in [-0.3, -0.25) is 4.79 Å². The summed E-state index contributed by atoms with van der Waals surface area (Å²) in [5, 5.41) is 3.58. The van der Waals surface area contributed by atoms with E-state index >= 15 is 0 Å². The summed E-state index contributed by atoms with van der Waals surface area (Å²) in [6.45, 7) is 4.37. The molecular formula is C12H22N2O. The molecule has 1 aliphatic carbocycles. The van der Waals surface area contributed by atoms with Gasteiger partial charge in [0.05, 0.1) is 5.92 Å². The first-order valence-corrected chi connectivity index (χ1v) is 6.15. The monoisotopic (exact) mass is 210 g/mol. The number of nitrogens with one attached hydrogen (secondary N) is 1. The molecule has 4 unspecified atom stereocenters. The molecule has 0 radical (unpaired) electrons. The van der Waals surface area contributed by atoms with Crippen molar-refractivity contribution in [1.82, 2.24) is 5.32 Å². The summed E-state index contributed by atoms with van der Waals surface area (Å²) in [7, 11) is 0. The molecular weight excluding hydrogens is 188 g/mol. The van der Waals surface area contributed by atoms with E-state index in [0.29, 0.717) is 23.9 Å². The first-order valence-electron chi connectivity index (χ1n) is 6.15. The van der Waals surface area contributed by atoms with Crippen molar-refractivity contribution in [1.29, 1.82) is 0 Å². The lowest BCUT2D eigenvalue weighted by atomic mass is 9.68. The summed E-state index contributed by atoms with van der Waals surface area (Å²) in [4.78, 5) is 11.5. The zero-order chi connectivity index (χ0) is 11.0. The van der Waals surface area contributed by atoms with E-state index in [9.17, 15) is 4.79 Å². The zero-order valence-corrected chi connectivity index (χ0v) is 9.70. The molecule has 2 aliphatic rings. The minimum absolute atomic E-state index is 0.0477. The number of rotatable bonds is 2. The van der Waals surface area contributed by atoms with Gasteiger partial charge in [0.25, 0.3) is 0 Å². The SMILES string of the molecule is CC1CC(C)C(C(N)=O)C(C2CCC2)N1. The van der Waals surface area contributed by atoms with E-state index in [2.05, 4.69) is 19.2 Å². The van der Waals surface area contributed by atoms with Crippen LogP contribution in [0.25, 0.3) is 0 Å². The van der Waals surface area contributed by atoms with Gasteiger partial charge < -0.3 is 11.1 Å². The van der Waals surface area contributed by atoms with E-state index in [4.69, 9.17) is 5.73 Å². The van der Waals surface area contributed by atoms with E-state index in [1.54, 1.807) is 0 Å². The number of carbonyl (C=O) groups is 1. The van der Waals surface area contributed by atoms with E-state index in [1.165, 1.54) is 19.3 Å². The highest BCUT2D eigenvalue weighted by atomic mass is 16.1. The zero-order valence-electron chi connectivity index (χ0n) is 9.70. The summed E-state index contributed by atoms with van der Waals surface area (Å²) in [5.74, 6) is 1.06. The molecule has 0 bridgehead atoms. The van der Waals surface area contributed by atoms with Crippen LogP contribution in [-0.2, 0) is 4.79 Å². The molecule has 2 rings (SSSR count). The highest BCUT2D eigenvalue weighted by molar-refractivity contribution is 5.78. The van der Waals surface area contributed by atoms with E-state index in [0.717, 1.165) is 6.42 Å². The van der Waals surface area contributed by atoms with Gasteiger partial charge in [-0.1, -0.05) is 13.3 Å². The van der Waals surface area contributed by atoms with Gasteiger partial charge in [-0.15, -0.1) is 0 Å². The second-order valence-corrected chi connectivity index (χ2v) is 5.43. The number of nitrogens with two attached hydrogens (primary N) is 1. The van der Waals surface area contributed by atoms with Crippen molar-refractivity contribution in [2.45, 2.75) is 51.6 Å². The lowest BCUT2D eigenvalue weighted by Gasteiger charge is -2.45. The predicted octanol–water partition coefficient (Wildman–Crippen LogP) is 1.27. The lowest BCUT2D eigenvalue weighted by molar-refractivity contribution is -0.126. The third kappa shape index (κ3) is 2.03. The number of piperidine rings is 1. The molecule has 86 valence electrons. The largest absolute Gasteiger partial charge is 0.369 e.